The molecular formula is C9H17NO3. The van der Waals surface area contributed by atoms with Gasteiger partial charge in [-0.15, -0.1) is 0 Å². The van der Waals surface area contributed by atoms with E-state index in [4.69, 9.17) is 4.74 Å². The number of carbonyl (C=O) groups is 1. The van der Waals surface area contributed by atoms with Crippen molar-refractivity contribution in [1.82, 2.24) is 5.32 Å². The van der Waals surface area contributed by atoms with Crippen LogP contribution in [0.1, 0.15) is 6.42 Å². The molecule has 0 amide bonds. The van der Waals surface area contributed by atoms with E-state index in [2.05, 4.69) is 10.1 Å². The molecule has 1 N–H and O–H groups in total. The second kappa shape index (κ2) is 9.22. The lowest BCUT2D eigenvalue weighted by atomic mass is 10.2. The fraction of sp³-hybridized carbons (Fsp3) is 0.667. The average Bonchev–Trinajstić information content (AvgIpc) is 2.17. The standard InChI is InChI=1S/C9H17NO3/c1-10-9(5-7-12-2)4-3-6-13-8-11/h3-4,8-10H,5-7H2,1-2H3/b4-3+. The first-order chi connectivity index (χ1) is 6.35. The maximum atomic E-state index is 9.80. The Labute approximate surface area is 78.9 Å². The first-order valence-corrected chi connectivity index (χ1v) is 4.23. The molecule has 0 bridgehead atoms. The summed E-state index contributed by atoms with van der Waals surface area (Å²) in [4.78, 5) is 9.80. The molecule has 0 radical (unpaired) electrons. The van der Waals surface area contributed by atoms with E-state index in [0.717, 1.165) is 6.42 Å². The second-order valence-corrected chi connectivity index (χ2v) is 2.53. The van der Waals surface area contributed by atoms with Crippen molar-refractivity contribution in [3.8, 4) is 0 Å². The van der Waals surface area contributed by atoms with Gasteiger partial charge in [-0.2, -0.15) is 0 Å². The molecule has 13 heavy (non-hydrogen) atoms. The van der Waals surface area contributed by atoms with Gasteiger partial charge in [-0.05, 0) is 19.5 Å². The third-order valence-corrected chi connectivity index (χ3v) is 1.63. The van der Waals surface area contributed by atoms with E-state index in [9.17, 15) is 4.79 Å². The molecule has 0 aliphatic rings. The van der Waals surface area contributed by atoms with Gasteiger partial charge in [0.05, 0.1) is 0 Å². The highest BCUT2D eigenvalue weighted by Crippen LogP contribution is 1.93. The Bertz CT molecular complexity index is 148. The smallest absolute Gasteiger partial charge is 0.293 e. The summed E-state index contributed by atoms with van der Waals surface area (Å²) in [5, 5.41) is 3.10. The molecule has 0 aromatic heterocycles. The van der Waals surface area contributed by atoms with Gasteiger partial charge in [-0.1, -0.05) is 6.08 Å². The third kappa shape index (κ3) is 7.49. The van der Waals surface area contributed by atoms with Crippen molar-refractivity contribution in [2.45, 2.75) is 12.5 Å². The molecule has 0 spiro atoms. The van der Waals surface area contributed by atoms with Crippen molar-refractivity contribution >= 4 is 6.47 Å². The lowest BCUT2D eigenvalue weighted by Gasteiger charge is -2.10. The molecule has 0 saturated heterocycles. The minimum absolute atomic E-state index is 0.273. The van der Waals surface area contributed by atoms with Crippen LogP contribution >= 0.6 is 0 Å². The highest BCUT2D eigenvalue weighted by atomic mass is 16.5. The molecule has 4 nitrogen and oxygen atoms in total. The van der Waals surface area contributed by atoms with Crippen LogP contribution in [0.5, 0.6) is 0 Å². The highest BCUT2D eigenvalue weighted by Gasteiger charge is 1.98. The van der Waals surface area contributed by atoms with E-state index in [-0.39, 0.29) is 6.04 Å². The number of methoxy groups -OCH3 is 1. The van der Waals surface area contributed by atoms with E-state index >= 15 is 0 Å². The number of hydrogen-bond acceptors (Lipinski definition) is 4. The Balaban J connectivity index is 3.55. The molecule has 0 saturated carbocycles. The Morgan fingerprint density at radius 2 is 2.31 bits per heavy atom. The molecule has 1 atom stereocenters. The summed E-state index contributed by atoms with van der Waals surface area (Å²) in [6, 6.07) is 0.273. The van der Waals surface area contributed by atoms with Gasteiger partial charge in [-0.3, -0.25) is 4.79 Å². The summed E-state index contributed by atoms with van der Waals surface area (Å²) in [6.07, 6.45) is 4.68. The number of hydrogen-bond donors (Lipinski definition) is 1. The van der Waals surface area contributed by atoms with Crippen LogP contribution in [0.4, 0.5) is 0 Å². The highest BCUT2D eigenvalue weighted by molar-refractivity contribution is 5.37. The van der Waals surface area contributed by atoms with Crippen LogP contribution in [0.15, 0.2) is 12.2 Å². The van der Waals surface area contributed by atoms with Crippen molar-refractivity contribution < 1.29 is 14.3 Å². The summed E-state index contributed by atoms with van der Waals surface area (Å²) >= 11 is 0. The number of rotatable bonds is 8. The van der Waals surface area contributed by atoms with Crippen molar-refractivity contribution in [3.05, 3.63) is 12.2 Å². The number of nitrogens with one attached hydrogen (secondary N) is 1. The lowest BCUT2D eigenvalue weighted by molar-refractivity contribution is -0.127. The van der Waals surface area contributed by atoms with E-state index in [0.29, 0.717) is 19.7 Å². The fourth-order valence-corrected chi connectivity index (χ4v) is 0.896. The summed E-state index contributed by atoms with van der Waals surface area (Å²) in [7, 11) is 3.55. The van der Waals surface area contributed by atoms with Crippen LogP contribution in [0, 0.1) is 0 Å². The zero-order chi connectivity index (χ0) is 9.94. The van der Waals surface area contributed by atoms with Gasteiger partial charge >= 0.3 is 0 Å². The summed E-state index contributed by atoms with van der Waals surface area (Å²) < 4.78 is 9.45. The molecule has 0 aromatic rings. The summed E-state index contributed by atoms with van der Waals surface area (Å²) in [5.74, 6) is 0. The largest absolute Gasteiger partial charge is 0.464 e. The van der Waals surface area contributed by atoms with Crippen molar-refractivity contribution in [1.29, 1.82) is 0 Å². The molecule has 0 fully saturated rings. The molecule has 0 heterocycles. The minimum Gasteiger partial charge on any atom is -0.464 e. The predicted octanol–water partition coefficient (Wildman–Crippen LogP) is 0.340. The molecule has 4 heteroatoms. The zero-order valence-corrected chi connectivity index (χ0v) is 8.16. The molecular weight excluding hydrogens is 170 g/mol. The average molecular weight is 187 g/mol. The Morgan fingerprint density at radius 3 is 2.85 bits per heavy atom. The van der Waals surface area contributed by atoms with Crippen LogP contribution < -0.4 is 5.32 Å². The van der Waals surface area contributed by atoms with Gasteiger partial charge < -0.3 is 14.8 Å². The zero-order valence-electron chi connectivity index (χ0n) is 8.16. The van der Waals surface area contributed by atoms with E-state index in [1.165, 1.54) is 0 Å². The maximum absolute atomic E-state index is 9.80. The quantitative estimate of drug-likeness (QED) is 0.338. The Hall–Kier alpha value is -0.870. The van der Waals surface area contributed by atoms with E-state index < -0.39 is 0 Å². The lowest BCUT2D eigenvalue weighted by Crippen LogP contribution is -2.24. The predicted molar refractivity (Wildman–Crippen MR) is 50.5 cm³/mol. The van der Waals surface area contributed by atoms with Crippen LogP contribution in [-0.2, 0) is 14.3 Å². The topological polar surface area (TPSA) is 47.6 Å². The fourth-order valence-electron chi connectivity index (χ4n) is 0.896. The number of carbonyl (C=O) groups excluding carboxylic acids is 1. The van der Waals surface area contributed by atoms with Gasteiger partial charge in [0.2, 0.25) is 0 Å². The van der Waals surface area contributed by atoms with Gasteiger partial charge in [0.25, 0.3) is 6.47 Å². The molecule has 0 aliphatic carbocycles. The third-order valence-electron chi connectivity index (χ3n) is 1.63. The van der Waals surface area contributed by atoms with Crippen molar-refractivity contribution in [2.24, 2.45) is 0 Å². The minimum atomic E-state index is 0.273. The van der Waals surface area contributed by atoms with E-state index in [1.54, 1.807) is 7.11 Å². The normalized spacial score (nSPS) is 13.1. The van der Waals surface area contributed by atoms with Gasteiger partial charge in [-0.25, -0.2) is 0 Å². The molecule has 0 aromatic carbocycles. The van der Waals surface area contributed by atoms with E-state index in [1.807, 2.05) is 19.2 Å². The summed E-state index contributed by atoms with van der Waals surface area (Å²) in [6.45, 7) is 1.48. The number of likely N-dealkylation sites (N-methyl/N-ethyl adjacent to an activating group) is 1. The van der Waals surface area contributed by atoms with Crippen LogP contribution in [-0.4, -0.2) is 39.9 Å². The second-order valence-electron chi connectivity index (χ2n) is 2.53. The van der Waals surface area contributed by atoms with Gasteiger partial charge in [0.15, 0.2) is 0 Å². The summed E-state index contributed by atoms with van der Waals surface area (Å²) in [5.41, 5.74) is 0. The number of ether oxygens (including phenoxy) is 2. The van der Waals surface area contributed by atoms with Crippen molar-refractivity contribution in [3.63, 3.8) is 0 Å². The van der Waals surface area contributed by atoms with Crippen LogP contribution in [0.2, 0.25) is 0 Å². The monoisotopic (exact) mass is 187 g/mol. The first-order valence-electron chi connectivity index (χ1n) is 4.23. The first kappa shape index (κ1) is 12.1. The Kier molecular flexibility index (Phi) is 8.60. The maximum Gasteiger partial charge on any atom is 0.293 e. The molecule has 0 aliphatic heterocycles. The van der Waals surface area contributed by atoms with Gasteiger partial charge in [0.1, 0.15) is 6.61 Å². The van der Waals surface area contributed by atoms with Gasteiger partial charge in [0, 0.05) is 19.8 Å². The van der Waals surface area contributed by atoms with Crippen molar-refractivity contribution in [2.75, 3.05) is 27.4 Å². The Morgan fingerprint density at radius 1 is 1.54 bits per heavy atom. The molecule has 0 rings (SSSR count). The molecule has 1 unspecified atom stereocenters. The van der Waals surface area contributed by atoms with Crippen LogP contribution in [0.3, 0.4) is 0 Å². The molecule has 76 valence electrons. The SMILES string of the molecule is CNC(/C=C/COC=O)CCOC. The van der Waals surface area contributed by atoms with Crippen LogP contribution in [0.25, 0.3) is 0 Å².